The summed E-state index contributed by atoms with van der Waals surface area (Å²) in [6.07, 6.45) is 0.256. The van der Waals surface area contributed by atoms with Gasteiger partial charge in [-0.2, -0.15) is 5.10 Å². The number of rotatable bonds is 6. The topological polar surface area (TPSA) is 64.8 Å². The van der Waals surface area contributed by atoms with Gasteiger partial charge in [-0.15, -0.1) is 0 Å². The second-order valence-corrected chi connectivity index (χ2v) is 10.2. The van der Waals surface area contributed by atoms with Gasteiger partial charge in [0.15, 0.2) is 0 Å². The molecule has 2 aromatic carbocycles. The second kappa shape index (κ2) is 10.4. The summed E-state index contributed by atoms with van der Waals surface area (Å²) in [4.78, 5) is 18.8. The van der Waals surface area contributed by atoms with Crippen molar-refractivity contribution in [2.75, 3.05) is 44.2 Å². The van der Waals surface area contributed by atoms with Gasteiger partial charge >= 0.3 is 0 Å². The Hall–Kier alpha value is -3.16. The molecule has 1 amide bonds. The first-order valence-corrected chi connectivity index (χ1v) is 13.0. The SMILES string of the molecule is CC(=O)N1CCc2c(c(-c3ccc(C)cc3)nn2CC(O)CN2CCN(c3ccccc3C)CC2)C1. The Kier molecular flexibility index (Phi) is 7.12. The Balaban J connectivity index is 1.27. The molecule has 36 heavy (non-hydrogen) atoms. The van der Waals surface area contributed by atoms with Crippen LogP contribution in [0.15, 0.2) is 48.5 Å². The molecule has 7 nitrogen and oxygen atoms in total. The molecule has 0 bridgehead atoms. The van der Waals surface area contributed by atoms with Crippen LogP contribution in [-0.4, -0.2) is 76.0 Å². The molecule has 190 valence electrons. The number of hydrogen-bond donors (Lipinski definition) is 1. The number of carbonyl (C=O) groups excluding carboxylic acids is 1. The molecule has 1 aromatic heterocycles. The van der Waals surface area contributed by atoms with Gasteiger partial charge in [0.1, 0.15) is 0 Å². The summed E-state index contributed by atoms with van der Waals surface area (Å²) in [5.41, 5.74) is 8.06. The molecule has 1 saturated heterocycles. The average molecular weight is 488 g/mol. The Morgan fingerprint density at radius 2 is 1.69 bits per heavy atom. The minimum Gasteiger partial charge on any atom is -0.390 e. The van der Waals surface area contributed by atoms with Crippen molar-refractivity contribution in [2.45, 2.75) is 46.4 Å². The maximum Gasteiger partial charge on any atom is 0.219 e. The zero-order valence-electron chi connectivity index (χ0n) is 21.7. The molecule has 3 aromatic rings. The van der Waals surface area contributed by atoms with Crippen LogP contribution in [-0.2, 0) is 24.3 Å². The van der Waals surface area contributed by atoms with Gasteiger partial charge in [-0.25, -0.2) is 0 Å². The monoisotopic (exact) mass is 487 g/mol. The zero-order chi connectivity index (χ0) is 25.2. The molecule has 0 spiro atoms. The van der Waals surface area contributed by atoms with Crippen LogP contribution < -0.4 is 4.90 Å². The quantitative estimate of drug-likeness (QED) is 0.578. The van der Waals surface area contributed by atoms with Gasteiger partial charge in [0.25, 0.3) is 0 Å². The van der Waals surface area contributed by atoms with Crippen LogP contribution in [0, 0.1) is 13.8 Å². The number of benzene rings is 2. The number of aliphatic hydroxyl groups is 1. The first kappa shape index (κ1) is 24.5. The number of β-amino-alcohol motifs (C(OH)–C–C–N with tert-alkyl or cyclic N) is 1. The van der Waals surface area contributed by atoms with Gasteiger partial charge in [-0.1, -0.05) is 48.0 Å². The standard InChI is InChI=1S/C29H37N5O2/c1-21-8-10-24(11-9-21)29-26-20-33(23(3)35)13-12-28(26)34(30-29)19-25(36)18-31-14-16-32(17-15-31)27-7-5-4-6-22(27)2/h4-11,25,36H,12-20H2,1-3H3. The number of anilines is 1. The molecule has 7 heteroatoms. The number of aliphatic hydroxyl groups excluding tert-OH is 1. The van der Waals surface area contributed by atoms with Gasteiger partial charge in [0, 0.05) is 81.7 Å². The van der Waals surface area contributed by atoms with Crippen LogP contribution >= 0.6 is 0 Å². The van der Waals surface area contributed by atoms with Crippen LogP contribution in [0.25, 0.3) is 11.3 Å². The number of aryl methyl sites for hydroxylation is 2. The molecule has 5 rings (SSSR count). The van der Waals surface area contributed by atoms with Crippen LogP contribution in [0.5, 0.6) is 0 Å². The first-order valence-electron chi connectivity index (χ1n) is 13.0. The predicted octanol–water partition coefficient (Wildman–Crippen LogP) is 3.25. The molecule has 0 radical (unpaired) electrons. The fraction of sp³-hybridized carbons (Fsp3) is 0.448. The van der Waals surface area contributed by atoms with Crippen molar-refractivity contribution >= 4 is 11.6 Å². The molecular formula is C29H37N5O2. The van der Waals surface area contributed by atoms with E-state index >= 15 is 0 Å². The molecular weight excluding hydrogens is 450 g/mol. The molecule has 1 atom stereocenters. The second-order valence-electron chi connectivity index (χ2n) is 10.2. The van der Waals surface area contributed by atoms with Crippen molar-refractivity contribution < 1.29 is 9.90 Å². The van der Waals surface area contributed by atoms with Crippen LogP contribution in [0.1, 0.15) is 29.3 Å². The summed E-state index contributed by atoms with van der Waals surface area (Å²) >= 11 is 0. The van der Waals surface area contributed by atoms with Crippen molar-refractivity contribution in [1.29, 1.82) is 0 Å². The maximum atomic E-state index is 12.1. The predicted molar refractivity (Wildman–Crippen MR) is 143 cm³/mol. The summed E-state index contributed by atoms with van der Waals surface area (Å²) in [5, 5.41) is 16.0. The lowest BCUT2D eigenvalue weighted by molar-refractivity contribution is -0.129. The van der Waals surface area contributed by atoms with E-state index in [1.807, 2.05) is 9.58 Å². The van der Waals surface area contributed by atoms with Gasteiger partial charge in [0.2, 0.25) is 5.91 Å². The van der Waals surface area contributed by atoms with Crippen molar-refractivity contribution in [3.05, 3.63) is 70.9 Å². The molecule has 2 aliphatic heterocycles. The summed E-state index contributed by atoms with van der Waals surface area (Å²) in [5.74, 6) is 0.0909. The third kappa shape index (κ3) is 5.18. The van der Waals surface area contributed by atoms with Gasteiger partial charge in [-0.05, 0) is 25.5 Å². The molecule has 0 aliphatic carbocycles. The summed E-state index contributed by atoms with van der Waals surface area (Å²) < 4.78 is 2.00. The third-order valence-corrected chi connectivity index (χ3v) is 7.59. The Labute approximate surface area is 213 Å². The lowest BCUT2D eigenvalue weighted by atomic mass is 10.00. The van der Waals surface area contributed by atoms with Crippen molar-refractivity contribution in [1.82, 2.24) is 19.6 Å². The maximum absolute atomic E-state index is 12.1. The summed E-state index contributed by atoms with van der Waals surface area (Å²) in [6.45, 7) is 12.0. The lowest BCUT2D eigenvalue weighted by Crippen LogP contribution is -2.49. The largest absolute Gasteiger partial charge is 0.390 e. The molecule has 1 N–H and O–H groups in total. The molecule has 0 saturated carbocycles. The van der Waals surface area contributed by atoms with E-state index in [-0.39, 0.29) is 5.91 Å². The Bertz CT molecular complexity index is 1210. The van der Waals surface area contributed by atoms with E-state index < -0.39 is 6.10 Å². The average Bonchev–Trinajstić information content (AvgIpc) is 3.22. The van der Waals surface area contributed by atoms with Crippen LogP contribution in [0.4, 0.5) is 5.69 Å². The van der Waals surface area contributed by atoms with Gasteiger partial charge in [0.05, 0.1) is 18.3 Å². The van der Waals surface area contributed by atoms with E-state index in [0.29, 0.717) is 26.2 Å². The number of amides is 1. The van der Waals surface area contributed by atoms with Crippen molar-refractivity contribution in [3.63, 3.8) is 0 Å². The normalized spacial score (nSPS) is 17.2. The lowest BCUT2D eigenvalue weighted by Gasteiger charge is -2.37. The molecule has 1 fully saturated rings. The van der Waals surface area contributed by atoms with E-state index in [9.17, 15) is 9.90 Å². The number of para-hydroxylation sites is 1. The molecule has 3 heterocycles. The minimum absolute atomic E-state index is 0.0909. The summed E-state index contributed by atoms with van der Waals surface area (Å²) in [7, 11) is 0. The Morgan fingerprint density at radius 3 is 2.39 bits per heavy atom. The highest BCUT2D eigenvalue weighted by Gasteiger charge is 2.28. The number of hydrogen-bond acceptors (Lipinski definition) is 5. The highest BCUT2D eigenvalue weighted by molar-refractivity contribution is 5.74. The first-order chi connectivity index (χ1) is 17.4. The van der Waals surface area contributed by atoms with E-state index in [1.165, 1.54) is 16.8 Å². The number of nitrogens with zero attached hydrogens (tertiary/aromatic N) is 5. The number of aromatic nitrogens is 2. The van der Waals surface area contributed by atoms with Crippen molar-refractivity contribution in [3.8, 4) is 11.3 Å². The number of carbonyl (C=O) groups is 1. The summed E-state index contributed by atoms with van der Waals surface area (Å²) in [6, 6.07) is 16.9. The fourth-order valence-electron chi connectivity index (χ4n) is 5.50. The van der Waals surface area contributed by atoms with Crippen LogP contribution in [0.2, 0.25) is 0 Å². The fourth-order valence-corrected chi connectivity index (χ4v) is 5.50. The highest BCUT2D eigenvalue weighted by Crippen LogP contribution is 2.31. The van der Waals surface area contributed by atoms with Crippen LogP contribution in [0.3, 0.4) is 0 Å². The molecule has 2 aliphatic rings. The highest BCUT2D eigenvalue weighted by atomic mass is 16.3. The Morgan fingerprint density at radius 1 is 0.972 bits per heavy atom. The number of piperazine rings is 1. The van der Waals surface area contributed by atoms with E-state index in [2.05, 4.69) is 72.2 Å². The zero-order valence-corrected chi connectivity index (χ0v) is 21.7. The van der Waals surface area contributed by atoms with Gasteiger partial charge in [-0.3, -0.25) is 14.4 Å². The molecule has 1 unspecified atom stereocenters. The van der Waals surface area contributed by atoms with E-state index in [4.69, 9.17) is 5.10 Å². The third-order valence-electron chi connectivity index (χ3n) is 7.59. The smallest absolute Gasteiger partial charge is 0.219 e. The minimum atomic E-state index is -0.504. The van der Waals surface area contributed by atoms with E-state index in [0.717, 1.165) is 55.1 Å². The van der Waals surface area contributed by atoms with Crippen molar-refractivity contribution in [2.24, 2.45) is 0 Å². The van der Waals surface area contributed by atoms with Gasteiger partial charge < -0.3 is 14.9 Å². The number of fused-ring (bicyclic) bond motifs is 1. The van der Waals surface area contributed by atoms with E-state index in [1.54, 1.807) is 6.92 Å².